The molecule has 0 unspecified atom stereocenters. The summed E-state index contributed by atoms with van der Waals surface area (Å²) in [6.07, 6.45) is 3.83. The molecule has 3 heterocycles. The topological polar surface area (TPSA) is 34.8 Å². The second-order valence-corrected chi connectivity index (χ2v) is 6.53. The van der Waals surface area contributed by atoms with Gasteiger partial charge in [0.25, 0.3) is 0 Å². The van der Waals surface area contributed by atoms with Gasteiger partial charge in [0, 0.05) is 25.6 Å². The predicted octanol–water partition coefficient (Wildman–Crippen LogP) is 3.06. The molecule has 2 saturated heterocycles. The highest BCUT2D eigenvalue weighted by Gasteiger charge is 2.23. The SMILES string of the molecule is Brc1ccc(CN2CCC(OC[C@@H]3CCOC3)CC2)o1. The molecule has 2 aliphatic heterocycles. The number of rotatable bonds is 5. The lowest BCUT2D eigenvalue weighted by atomic mass is 10.1. The molecule has 20 heavy (non-hydrogen) atoms. The van der Waals surface area contributed by atoms with Crippen molar-refractivity contribution in [1.82, 2.24) is 4.90 Å². The Balaban J connectivity index is 1.36. The maximum Gasteiger partial charge on any atom is 0.169 e. The van der Waals surface area contributed by atoms with Gasteiger partial charge in [-0.15, -0.1) is 0 Å². The number of likely N-dealkylation sites (tertiary alicyclic amines) is 1. The van der Waals surface area contributed by atoms with Crippen molar-refractivity contribution < 1.29 is 13.9 Å². The first-order valence-corrected chi connectivity index (χ1v) is 8.25. The summed E-state index contributed by atoms with van der Waals surface area (Å²) in [7, 11) is 0. The highest BCUT2D eigenvalue weighted by molar-refractivity contribution is 9.10. The second kappa shape index (κ2) is 7.07. The molecule has 1 aromatic heterocycles. The van der Waals surface area contributed by atoms with E-state index < -0.39 is 0 Å². The van der Waals surface area contributed by atoms with Gasteiger partial charge < -0.3 is 13.9 Å². The summed E-state index contributed by atoms with van der Waals surface area (Å²) in [6.45, 7) is 5.73. The minimum absolute atomic E-state index is 0.426. The minimum atomic E-state index is 0.426. The van der Waals surface area contributed by atoms with Gasteiger partial charge in [-0.05, 0) is 47.3 Å². The third kappa shape index (κ3) is 4.07. The first-order chi connectivity index (χ1) is 9.79. The van der Waals surface area contributed by atoms with Crippen LogP contribution in [0.15, 0.2) is 21.2 Å². The zero-order valence-corrected chi connectivity index (χ0v) is 13.3. The smallest absolute Gasteiger partial charge is 0.169 e. The van der Waals surface area contributed by atoms with Crippen LogP contribution in [0.1, 0.15) is 25.0 Å². The van der Waals surface area contributed by atoms with Crippen molar-refractivity contribution in [3.63, 3.8) is 0 Å². The van der Waals surface area contributed by atoms with E-state index >= 15 is 0 Å². The van der Waals surface area contributed by atoms with Crippen LogP contribution < -0.4 is 0 Å². The van der Waals surface area contributed by atoms with Crippen LogP contribution in [0.5, 0.6) is 0 Å². The van der Waals surface area contributed by atoms with Gasteiger partial charge in [0.2, 0.25) is 0 Å². The number of halogens is 1. The minimum Gasteiger partial charge on any atom is -0.453 e. The number of hydrogen-bond acceptors (Lipinski definition) is 4. The van der Waals surface area contributed by atoms with Gasteiger partial charge in [0.15, 0.2) is 4.67 Å². The van der Waals surface area contributed by atoms with E-state index in [2.05, 4.69) is 20.8 Å². The van der Waals surface area contributed by atoms with Crippen molar-refractivity contribution in [2.75, 3.05) is 32.9 Å². The lowest BCUT2D eigenvalue weighted by Crippen LogP contribution is -2.37. The summed E-state index contributed by atoms with van der Waals surface area (Å²) < 4.78 is 17.8. The fourth-order valence-electron chi connectivity index (χ4n) is 2.88. The van der Waals surface area contributed by atoms with Gasteiger partial charge in [-0.2, -0.15) is 0 Å². The third-order valence-corrected chi connectivity index (χ3v) is 4.56. The van der Waals surface area contributed by atoms with Crippen molar-refractivity contribution in [3.05, 3.63) is 22.6 Å². The van der Waals surface area contributed by atoms with E-state index in [0.29, 0.717) is 12.0 Å². The molecule has 0 spiro atoms. The van der Waals surface area contributed by atoms with Gasteiger partial charge in [-0.3, -0.25) is 4.90 Å². The Morgan fingerprint density at radius 3 is 2.75 bits per heavy atom. The van der Waals surface area contributed by atoms with Crippen LogP contribution in [0.25, 0.3) is 0 Å². The van der Waals surface area contributed by atoms with Crippen molar-refractivity contribution in [1.29, 1.82) is 0 Å². The Labute approximate surface area is 128 Å². The number of piperidine rings is 1. The van der Waals surface area contributed by atoms with Crippen molar-refractivity contribution in [2.45, 2.75) is 31.9 Å². The van der Waals surface area contributed by atoms with Gasteiger partial charge in [-0.25, -0.2) is 0 Å². The Morgan fingerprint density at radius 2 is 2.10 bits per heavy atom. The van der Waals surface area contributed by atoms with E-state index in [4.69, 9.17) is 13.9 Å². The number of ether oxygens (including phenoxy) is 2. The number of nitrogens with zero attached hydrogens (tertiary/aromatic N) is 1. The van der Waals surface area contributed by atoms with Crippen LogP contribution in [0, 0.1) is 5.92 Å². The van der Waals surface area contributed by atoms with Crippen molar-refractivity contribution >= 4 is 15.9 Å². The molecular weight excluding hydrogens is 322 g/mol. The zero-order valence-electron chi connectivity index (χ0n) is 11.7. The molecule has 0 N–H and O–H groups in total. The van der Waals surface area contributed by atoms with Crippen molar-refractivity contribution in [3.8, 4) is 0 Å². The van der Waals surface area contributed by atoms with E-state index in [1.54, 1.807) is 0 Å². The van der Waals surface area contributed by atoms with Crippen LogP contribution in [-0.2, 0) is 16.0 Å². The Bertz CT molecular complexity index is 409. The standard InChI is InChI=1S/C15H22BrNO3/c16-15-2-1-14(20-15)9-17-6-3-13(4-7-17)19-11-12-5-8-18-10-12/h1-2,12-13H,3-11H2/t12-/m1/s1. The lowest BCUT2D eigenvalue weighted by Gasteiger charge is -2.31. The maximum atomic E-state index is 6.03. The summed E-state index contributed by atoms with van der Waals surface area (Å²) in [4.78, 5) is 2.43. The molecule has 3 rings (SSSR count). The maximum absolute atomic E-state index is 6.03. The van der Waals surface area contributed by atoms with E-state index in [1.165, 1.54) is 0 Å². The van der Waals surface area contributed by atoms with Crippen molar-refractivity contribution in [2.24, 2.45) is 5.92 Å². The van der Waals surface area contributed by atoms with E-state index in [-0.39, 0.29) is 0 Å². The van der Waals surface area contributed by atoms with Crippen LogP contribution in [0.3, 0.4) is 0 Å². The van der Waals surface area contributed by atoms with Gasteiger partial charge in [0.05, 0.1) is 25.9 Å². The average Bonchev–Trinajstić information content (AvgIpc) is 3.10. The first-order valence-electron chi connectivity index (χ1n) is 7.45. The molecule has 2 fully saturated rings. The van der Waals surface area contributed by atoms with Crippen LogP contribution >= 0.6 is 15.9 Å². The van der Waals surface area contributed by atoms with Gasteiger partial charge in [-0.1, -0.05) is 0 Å². The van der Waals surface area contributed by atoms with E-state index in [1.807, 2.05) is 12.1 Å². The molecule has 0 bridgehead atoms. The molecule has 112 valence electrons. The molecule has 0 aromatic carbocycles. The summed E-state index contributed by atoms with van der Waals surface area (Å²) in [5.41, 5.74) is 0. The quantitative estimate of drug-likeness (QED) is 0.822. The van der Waals surface area contributed by atoms with Gasteiger partial charge >= 0.3 is 0 Å². The van der Waals surface area contributed by atoms with Crippen LogP contribution in [0.4, 0.5) is 0 Å². The normalized spacial score (nSPS) is 25.4. The largest absolute Gasteiger partial charge is 0.453 e. The first kappa shape index (κ1) is 14.6. The van der Waals surface area contributed by atoms with E-state index in [0.717, 1.165) is 69.1 Å². The zero-order chi connectivity index (χ0) is 13.8. The Morgan fingerprint density at radius 1 is 1.25 bits per heavy atom. The lowest BCUT2D eigenvalue weighted by molar-refractivity contribution is -0.0126. The fourth-order valence-corrected chi connectivity index (χ4v) is 3.22. The van der Waals surface area contributed by atoms with Crippen LogP contribution in [0.2, 0.25) is 0 Å². The second-order valence-electron chi connectivity index (χ2n) is 5.74. The van der Waals surface area contributed by atoms with E-state index in [9.17, 15) is 0 Å². The Kier molecular flexibility index (Phi) is 5.15. The fraction of sp³-hybridized carbons (Fsp3) is 0.733. The molecule has 1 aromatic rings. The average molecular weight is 344 g/mol. The third-order valence-electron chi connectivity index (χ3n) is 4.13. The molecule has 1 atom stereocenters. The summed E-state index contributed by atoms with van der Waals surface area (Å²) in [6, 6.07) is 3.99. The molecular formula is C15H22BrNO3. The summed E-state index contributed by atoms with van der Waals surface area (Å²) >= 11 is 3.34. The molecule has 4 nitrogen and oxygen atoms in total. The molecule has 0 amide bonds. The highest BCUT2D eigenvalue weighted by atomic mass is 79.9. The van der Waals surface area contributed by atoms with Crippen LogP contribution in [-0.4, -0.2) is 43.9 Å². The molecule has 0 saturated carbocycles. The number of furan rings is 1. The molecule has 0 radical (unpaired) electrons. The molecule has 0 aliphatic carbocycles. The summed E-state index contributed by atoms with van der Waals surface area (Å²) in [5.74, 6) is 1.65. The molecule has 5 heteroatoms. The number of hydrogen-bond donors (Lipinski definition) is 0. The monoisotopic (exact) mass is 343 g/mol. The summed E-state index contributed by atoms with van der Waals surface area (Å²) in [5, 5.41) is 0. The molecule has 2 aliphatic rings. The van der Waals surface area contributed by atoms with Gasteiger partial charge in [0.1, 0.15) is 5.76 Å². The predicted molar refractivity (Wildman–Crippen MR) is 79.6 cm³/mol. The Hall–Kier alpha value is -0.360. The highest BCUT2D eigenvalue weighted by Crippen LogP contribution is 2.21.